The Balaban J connectivity index is 1.23. The molecule has 2 aromatic heterocycles. The van der Waals surface area contributed by atoms with E-state index in [4.69, 9.17) is 0 Å². The molecule has 1 aliphatic heterocycles. The lowest BCUT2D eigenvalue weighted by Gasteiger charge is -2.17. The SMILES string of the molecule is C[C@H](NC(=O)[C@H]1C[C@H](Cc2ccccc2)CN1)C(=O)NCc1ccc2nccn2c1. The molecule has 4 rings (SSSR count). The van der Waals surface area contributed by atoms with E-state index in [-0.39, 0.29) is 17.9 Å². The smallest absolute Gasteiger partial charge is 0.242 e. The number of hydrogen-bond acceptors (Lipinski definition) is 4. The van der Waals surface area contributed by atoms with Crippen LogP contribution in [-0.2, 0) is 22.6 Å². The molecule has 1 aromatic carbocycles. The number of carbonyl (C=O) groups is 2. The van der Waals surface area contributed by atoms with Gasteiger partial charge in [-0.15, -0.1) is 0 Å². The fourth-order valence-electron chi connectivity index (χ4n) is 3.90. The van der Waals surface area contributed by atoms with E-state index >= 15 is 0 Å². The van der Waals surface area contributed by atoms with Crippen LogP contribution in [-0.4, -0.2) is 39.8 Å². The number of benzene rings is 1. The van der Waals surface area contributed by atoms with Gasteiger partial charge in [0, 0.05) is 25.1 Å². The molecule has 1 aliphatic rings. The summed E-state index contributed by atoms with van der Waals surface area (Å²) in [4.78, 5) is 29.2. The molecule has 7 nitrogen and oxygen atoms in total. The van der Waals surface area contributed by atoms with Gasteiger partial charge in [0.05, 0.1) is 6.04 Å². The second-order valence-corrected chi connectivity index (χ2v) is 7.93. The van der Waals surface area contributed by atoms with E-state index in [0.29, 0.717) is 12.5 Å². The average molecular weight is 406 g/mol. The highest BCUT2D eigenvalue weighted by Crippen LogP contribution is 2.19. The Bertz CT molecular complexity index is 1020. The van der Waals surface area contributed by atoms with Crippen molar-refractivity contribution in [2.45, 2.75) is 38.4 Å². The summed E-state index contributed by atoms with van der Waals surface area (Å²) >= 11 is 0. The van der Waals surface area contributed by atoms with Crippen LogP contribution in [0.4, 0.5) is 0 Å². The molecule has 3 atom stereocenters. The van der Waals surface area contributed by atoms with Crippen LogP contribution in [0, 0.1) is 5.92 Å². The lowest BCUT2D eigenvalue weighted by atomic mass is 9.96. The number of nitrogens with one attached hydrogen (secondary N) is 3. The van der Waals surface area contributed by atoms with E-state index in [2.05, 4.69) is 33.1 Å². The highest BCUT2D eigenvalue weighted by molar-refractivity contribution is 5.89. The Hall–Kier alpha value is -3.19. The van der Waals surface area contributed by atoms with Crippen LogP contribution < -0.4 is 16.0 Å². The van der Waals surface area contributed by atoms with E-state index in [1.165, 1.54) is 5.56 Å². The molecule has 0 unspecified atom stereocenters. The first kappa shape index (κ1) is 20.1. The molecule has 0 saturated carbocycles. The van der Waals surface area contributed by atoms with Crippen molar-refractivity contribution in [3.05, 3.63) is 72.2 Å². The zero-order valence-electron chi connectivity index (χ0n) is 17.0. The third-order valence-electron chi connectivity index (χ3n) is 5.57. The molecule has 30 heavy (non-hydrogen) atoms. The van der Waals surface area contributed by atoms with Crippen molar-refractivity contribution >= 4 is 17.5 Å². The second-order valence-electron chi connectivity index (χ2n) is 7.93. The molecule has 0 spiro atoms. The van der Waals surface area contributed by atoms with Gasteiger partial charge in [-0.3, -0.25) is 9.59 Å². The van der Waals surface area contributed by atoms with E-state index in [0.717, 1.165) is 30.6 Å². The van der Waals surface area contributed by atoms with Gasteiger partial charge in [0.2, 0.25) is 11.8 Å². The maximum Gasteiger partial charge on any atom is 0.242 e. The number of carbonyl (C=O) groups excluding carboxylic acids is 2. The minimum atomic E-state index is -0.593. The normalized spacial score (nSPS) is 19.5. The van der Waals surface area contributed by atoms with Crippen molar-refractivity contribution in [3.8, 4) is 0 Å². The minimum absolute atomic E-state index is 0.118. The van der Waals surface area contributed by atoms with Gasteiger partial charge in [-0.1, -0.05) is 36.4 Å². The first-order chi connectivity index (χ1) is 14.6. The molecular weight excluding hydrogens is 378 g/mol. The molecule has 2 amide bonds. The van der Waals surface area contributed by atoms with E-state index < -0.39 is 6.04 Å². The molecule has 3 N–H and O–H groups in total. The first-order valence-electron chi connectivity index (χ1n) is 10.4. The molecule has 156 valence electrons. The van der Waals surface area contributed by atoms with Gasteiger partial charge >= 0.3 is 0 Å². The van der Waals surface area contributed by atoms with Gasteiger partial charge in [-0.05, 0) is 49.4 Å². The van der Waals surface area contributed by atoms with Gasteiger partial charge in [0.25, 0.3) is 0 Å². The summed E-state index contributed by atoms with van der Waals surface area (Å²) in [5, 5.41) is 9.02. The van der Waals surface area contributed by atoms with Gasteiger partial charge in [-0.2, -0.15) is 0 Å². The Morgan fingerprint density at radius 3 is 2.87 bits per heavy atom. The second kappa shape index (κ2) is 9.09. The molecule has 3 aromatic rings. The predicted octanol–water partition coefficient (Wildman–Crippen LogP) is 1.68. The van der Waals surface area contributed by atoms with Crippen LogP contribution in [0.5, 0.6) is 0 Å². The van der Waals surface area contributed by atoms with Gasteiger partial charge < -0.3 is 20.4 Å². The van der Waals surface area contributed by atoms with Crippen LogP contribution >= 0.6 is 0 Å². The number of hydrogen-bond donors (Lipinski definition) is 3. The van der Waals surface area contributed by atoms with Crippen molar-refractivity contribution in [1.82, 2.24) is 25.3 Å². The van der Waals surface area contributed by atoms with Crippen LogP contribution in [0.15, 0.2) is 61.1 Å². The molecule has 3 heterocycles. The summed E-state index contributed by atoms with van der Waals surface area (Å²) in [6.07, 6.45) is 7.26. The highest BCUT2D eigenvalue weighted by Gasteiger charge is 2.30. The maximum absolute atomic E-state index is 12.6. The lowest BCUT2D eigenvalue weighted by molar-refractivity contribution is -0.129. The first-order valence-corrected chi connectivity index (χ1v) is 10.4. The van der Waals surface area contributed by atoms with Crippen LogP contribution in [0.1, 0.15) is 24.5 Å². The monoisotopic (exact) mass is 405 g/mol. The van der Waals surface area contributed by atoms with Crippen LogP contribution in [0.2, 0.25) is 0 Å². The quantitative estimate of drug-likeness (QED) is 0.558. The van der Waals surface area contributed by atoms with Crippen molar-refractivity contribution in [2.75, 3.05) is 6.54 Å². The summed E-state index contributed by atoms with van der Waals surface area (Å²) < 4.78 is 1.91. The Kier molecular flexibility index (Phi) is 6.09. The highest BCUT2D eigenvalue weighted by atomic mass is 16.2. The number of rotatable bonds is 7. The van der Waals surface area contributed by atoms with Crippen molar-refractivity contribution in [1.29, 1.82) is 0 Å². The number of pyridine rings is 1. The molecular formula is C23H27N5O2. The molecule has 0 bridgehead atoms. The van der Waals surface area contributed by atoms with Crippen molar-refractivity contribution in [3.63, 3.8) is 0 Å². The zero-order valence-corrected chi connectivity index (χ0v) is 17.0. The molecule has 0 radical (unpaired) electrons. The fraction of sp³-hybridized carbons (Fsp3) is 0.348. The fourth-order valence-corrected chi connectivity index (χ4v) is 3.90. The third-order valence-corrected chi connectivity index (χ3v) is 5.57. The van der Waals surface area contributed by atoms with E-state index in [1.807, 2.05) is 47.1 Å². The largest absolute Gasteiger partial charge is 0.350 e. The Morgan fingerprint density at radius 1 is 1.20 bits per heavy atom. The Labute approximate surface area is 175 Å². The zero-order chi connectivity index (χ0) is 20.9. The molecule has 7 heteroatoms. The number of aromatic nitrogens is 2. The summed E-state index contributed by atoms with van der Waals surface area (Å²) in [6, 6.07) is 13.3. The standard InChI is InChI=1S/C23H27N5O2/c1-16(22(29)26-13-18-7-8-21-24-9-10-28(21)15-18)27-23(30)20-12-19(14-25-20)11-17-5-3-2-4-6-17/h2-10,15-16,19-20,25H,11-14H2,1H3,(H,26,29)(H,27,30)/t16-,19-,20+/m0/s1. The van der Waals surface area contributed by atoms with Crippen molar-refractivity contribution in [2.24, 2.45) is 5.92 Å². The van der Waals surface area contributed by atoms with Gasteiger partial charge in [0.1, 0.15) is 11.7 Å². The van der Waals surface area contributed by atoms with Crippen molar-refractivity contribution < 1.29 is 9.59 Å². The molecule has 0 aliphatic carbocycles. The van der Waals surface area contributed by atoms with E-state index in [9.17, 15) is 9.59 Å². The lowest BCUT2D eigenvalue weighted by Crippen LogP contribution is -2.49. The number of fused-ring (bicyclic) bond motifs is 1. The summed E-state index contributed by atoms with van der Waals surface area (Å²) in [5.41, 5.74) is 3.11. The van der Waals surface area contributed by atoms with Crippen LogP contribution in [0.25, 0.3) is 5.65 Å². The summed E-state index contributed by atoms with van der Waals surface area (Å²) in [5.74, 6) is 0.103. The molecule has 1 saturated heterocycles. The Morgan fingerprint density at radius 2 is 2.03 bits per heavy atom. The predicted molar refractivity (Wildman–Crippen MR) is 115 cm³/mol. The number of imidazole rings is 1. The van der Waals surface area contributed by atoms with Gasteiger partial charge in [-0.25, -0.2) is 4.98 Å². The van der Waals surface area contributed by atoms with Gasteiger partial charge in [0.15, 0.2) is 0 Å². The van der Waals surface area contributed by atoms with Crippen LogP contribution in [0.3, 0.4) is 0 Å². The average Bonchev–Trinajstić information content (AvgIpc) is 3.41. The summed E-state index contributed by atoms with van der Waals surface area (Å²) in [7, 11) is 0. The third kappa shape index (κ3) is 4.86. The topological polar surface area (TPSA) is 87.5 Å². The maximum atomic E-state index is 12.6. The number of nitrogens with zero attached hydrogens (tertiary/aromatic N) is 2. The van der Waals surface area contributed by atoms with E-state index in [1.54, 1.807) is 13.1 Å². The summed E-state index contributed by atoms with van der Waals surface area (Å²) in [6.45, 7) is 2.92. The number of amides is 2. The minimum Gasteiger partial charge on any atom is -0.350 e. The molecule has 1 fully saturated rings.